The van der Waals surface area contributed by atoms with Crippen molar-refractivity contribution in [3.05, 3.63) is 48.0 Å². The molecule has 6 nitrogen and oxygen atoms in total. The maximum absolute atomic E-state index is 11.2. The Morgan fingerprint density at radius 2 is 1.86 bits per heavy atom. The van der Waals surface area contributed by atoms with Gasteiger partial charge in [-0.1, -0.05) is 12.1 Å². The van der Waals surface area contributed by atoms with E-state index in [-0.39, 0.29) is 5.91 Å². The molecule has 0 aliphatic carbocycles. The molecule has 156 valence electrons. The lowest BCUT2D eigenvalue weighted by Crippen LogP contribution is -2.46. The van der Waals surface area contributed by atoms with E-state index in [1.807, 2.05) is 12.1 Å². The molecule has 0 unspecified atom stereocenters. The normalized spacial score (nSPS) is 14.5. The van der Waals surface area contributed by atoms with Crippen molar-refractivity contribution < 1.29 is 14.3 Å². The van der Waals surface area contributed by atoms with Crippen LogP contribution < -0.4 is 19.7 Å². The van der Waals surface area contributed by atoms with Gasteiger partial charge in [0, 0.05) is 57.1 Å². The van der Waals surface area contributed by atoms with Crippen LogP contribution in [0.4, 0.5) is 11.4 Å². The van der Waals surface area contributed by atoms with Gasteiger partial charge in [-0.3, -0.25) is 9.69 Å². The highest BCUT2D eigenvalue weighted by Gasteiger charge is 2.17. The number of rotatable bonds is 8. The lowest BCUT2D eigenvalue weighted by atomic mass is 10.2. The molecule has 1 saturated heterocycles. The molecule has 2 aromatic carbocycles. The molecule has 1 aliphatic heterocycles. The average molecular weight is 398 g/mol. The van der Waals surface area contributed by atoms with Gasteiger partial charge in [-0.25, -0.2) is 0 Å². The van der Waals surface area contributed by atoms with Crippen LogP contribution >= 0.6 is 0 Å². The van der Waals surface area contributed by atoms with Gasteiger partial charge in [0.25, 0.3) is 0 Å². The van der Waals surface area contributed by atoms with E-state index in [1.165, 1.54) is 18.2 Å². The molecule has 3 rings (SSSR count). The highest BCUT2D eigenvalue weighted by molar-refractivity contribution is 5.89. The number of benzene rings is 2. The number of carbonyl (C=O) groups is 1. The van der Waals surface area contributed by atoms with Crippen LogP contribution in [0.5, 0.6) is 11.5 Å². The zero-order valence-electron chi connectivity index (χ0n) is 17.6. The molecule has 1 N–H and O–H groups in total. The standard InChI is InChI=1S/C23H31N3O3/c1-18-6-4-7-21(16-18)26-13-11-25(12-14-26)10-5-15-29-22-9-8-20(24-19(2)27)17-23(22)28-3/h4,6-9,16-17H,5,10-15H2,1-3H3,(H,24,27). The molecule has 1 heterocycles. The topological polar surface area (TPSA) is 54.0 Å². The van der Waals surface area contributed by atoms with E-state index in [2.05, 4.69) is 46.3 Å². The van der Waals surface area contributed by atoms with Crippen molar-refractivity contribution in [2.24, 2.45) is 0 Å². The summed E-state index contributed by atoms with van der Waals surface area (Å²) in [5, 5.41) is 2.75. The summed E-state index contributed by atoms with van der Waals surface area (Å²) >= 11 is 0. The molecule has 0 saturated carbocycles. The van der Waals surface area contributed by atoms with E-state index in [4.69, 9.17) is 9.47 Å². The summed E-state index contributed by atoms with van der Waals surface area (Å²) in [4.78, 5) is 16.1. The van der Waals surface area contributed by atoms with Crippen LogP contribution in [-0.2, 0) is 4.79 Å². The fourth-order valence-electron chi connectivity index (χ4n) is 3.59. The van der Waals surface area contributed by atoms with Crippen molar-refractivity contribution in [3.63, 3.8) is 0 Å². The molecule has 1 amide bonds. The van der Waals surface area contributed by atoms with Crippen LogP contribution in [0.15, 0.2) is 42.5 Å². The average Bonchev–Trinajstić information content (AvgIpc) is 2.72. The van der Waals surface area contributed by atoms with Crippen molar-refractivity contribution in [3.8, 4) is 11.5 Å². The lowest BCUT2D eigenvalue weighted by Gasteiger charge is -2.36. The maximum atomic E-state index is 11.2. The minimum atomic E-state index is -0.108. The Kier molecular flexibility index (Phi) is 7.36. The third-order valence-corrected chi connectivity index (χ3v) is 5.10. The molecular weight excluding hydrogens is 366 g/mol. The van der Waals surface area contributed by atoms with Gasteiger partial charge in [0.2, 0.25) is 5.91 Å². The number of amides is 1. The van der Waals surface area contributed by atoms with Crippen LogP contribution in [0.25, 0.3) is 0 Å². The van der Waals surface area contributed by atoms with Crippen molar-refractivity contribution in [2.45, 2.75) is 20.3 Å². The van der Waals surface area contributed by atoms with Crippen LogP contribution in [0.1, 0.15) is 18.9 Å². The van der Waals surface area contributed by atoms with E-state index in [9.17, 15) is 4.79 Å². The first-order valence-electron chi connectivity index (χ1n) is 10.2. The molecule has 1 fully saturated rings. The zero-order chi connectivity index (χ0) is 20.6. The zero-order valence-corrected chi connectivity index (χ0v) is 17.6. The van der Waals surface area contributed by atoms with Crippen molar-refractivity contribution in [2.75, 3.05) is 56.7 Å². The molecule has 0 atom stereocenters. The SMILES string of the molecule is COc1cc(NC(C)=O)ccc1OCCCN1CCN(c2cccc(C)c2)CC1. The highest BCUT2D eigenvalue weighted by Crippen LogP contribution is 2.30. The predicted octanol–water partition coefficient (Wildman–Crippen LogP) is 3.55. The Labute approximate surface area is 173 Å². The third kappa shape index (κ3) is 6.12. The minimum Gasteiger partial charge on any atom is -0.493 e. The minimum absolute atomic E-state index is 0.108. The second-order valence-electron chi connectivity index (χ2n) is 7.42. The van der Waals surface area contributed by atoms with Crippen LogP contribution in [0, 0.1) is 6.92 Å². The third-order valence-electron chi connectivity index (χ3n) is 5.10. The number of methoxy groups -OCH3 is 1. The number of piperazine rings is 1. The van der Waals surface area contributed by atoms with Gasteiger partial charge in [-0.2, -0.15) is 0 Å². The van der Waals surface area contributed by atoms with Crippen LogP contribution in [-0.4, -0.2) is 57.2 Å². The van der Waals surface area contributed by atoms with Crippen molar-refractivity contribution in [1.82, 2.24) is 4.90 Å². The fraction of sp³-hybridized carbons (Fsp3) is 0.435. The largest absolute Gasteiger partial charge is 0.493 e. The number of aryl methyl sites for hydroxylation is 1. The second kappa shape index (κ2) is 10.2. The van der Waals surface area contributed by atoms with Gasteiger partial charge in [0.15, 0.2) is 11.5 Å². The summed E-state index contributed by atoms with van der Waals surface area (Å²) in [5.74, 6) is 1.22. The van der Waals surface area contributed by atoms with E-state index in [0.29, 0.717) is 23.8 Å². The first-order chi connectivity index (χ1) is 14.0. The van der Waals surface area contributed by atoms with Gasteiger partial charge >= 0.3 is 0 Å². The molecule has 0 bridgehead atoms. The molecule has 1 aliphatic rings. The molecule has 0 radical (unpaired) electrons. The summed E-state index contributed by atoms with van der Waals surface area (Å²) in [6.07, 6.45) is 0.959. The number of carbonyl (C=O) groups excluding carboxylic acids is 1. The van der Waals surface area contributed by atoms with Crippen molar-refractivity contribution >= 4 is 17.3 Å². The highest BCUT2D eigenvalue weighted by atomic mass is 16.5. The second-order valence-corrected chi connectivity index (χ2v) is 7.42. The summed E-state index contributed by atoms with van der Waals surface area (Å²) < 4.78 is 11.3. The Morgan fingerprint density at radius 1 is 1.07 bits per heavy atom. The molecule has 0 aromatic heterocycles. The van der Waals surface area contributed by atoms with E-state index in [0.717, 1.165) is 39.1 Å². The Balaban J connectivity index is 1.40. The molecule has 2 aromatic rings. The van der Waals surface area contributed by atoms with E-state index >= 15 is 0 Å². The molecular formula is C23H31N3O3. The predicted molar refractivity (Wildman–Crippen MR) is 117 cm³/mol. The smallest absolute Gasteiger partial charge is 0.221 e. The van der Waals surface area contributed by atoms with Gasteiger partial charge in [-0.15, -0.1) is 0 Å². The monoisotopic (exact) mass is 397 g/mol. The quantitative estimate of drug-likeness (QED) is 0.691. The van der Waals surface area contributed by atoms with Gasteiger partial charge in [0.1, 0.15) is 0 Å². The molecule has 29 heavy (non-hydrogen) atoms. The van der Waals surface area contributed by atoms with Gasteiger partial charge in [-0.05, 0) is 43.2 Å². The molecule has 6 heteroatoms. The number of ether oxygens (including phenoxy) is 2. The number of hydrogen-bond acceptors (Lipinski definition) is 5. The summed E-state index contributed by atoms with van der Waals surface area (Å²) in [5.41, 5.74) is 3.33. The summed E-state index contributed by atoms with van der Waals surface area (Å²) in [6, 6.07) is 14.2. The van der Waals surface area contributed by atoms with E-state index < -0.39 is 0 Å². The number of nitrogens with one attached hydrogen (secondary N) is 1. The van der Waals surface area contributed by atoms with Gasteiger partial charge in [0.05, 0.1) is 13.7 Å². The first kappa shape index (κ1) is 21.0. The van der Waals surface area contributed by atoms with Crippen LogP contribution in [0.2, 0.25) is 0 Å². The Hall–Kier alpha value is -2.73. The Morgan fingerprint density at radius 3 is 2.55 bits per heavy atom. The lowest BCUT2D eigenvalue weighted by molar-refractivity contribution is -0.114. The number of nitrogens with zero attached hydrogens (tertiary/aromatic N) is 2. The van der Waals surface area contributed by atoms with Gasteiger partial charge < -0.3 is 19.7 Å². The van der Waals surface area contributed by atoms with E-state index in [1.54, 1.807) is 13.2 Å². The number of anilines is 2. The summed E-state index contributed by atoms with van der Waals surface area (Å²) in [6.45, 7) is 9.54. The Bertz CT molecular complexity index is 817. The van der Waals surface area contributed by atoms with Crippen LogP contribution in [0.3, 0.4) is 0 Å². The first-order valence-corrected chi connectivity index (χ1v) is 10.2. The fourth-order valence-corrected chi connectivity index (χ4v) is 3.59. The van der Waals surface area contributed by atoms with Crippen molar-refractivity contribution in [1.29, 1.82) is 0 Å². The molecule has 0 spiro atoms. The summed E-state index contributed by atoms with van der Waals surface area (Å²) in [7, 11) is 1.60. The maximum Gasteiger partial charge on any atom is 0.221 e. The number of hydrogen-bond donors (Lipinski definition) is 1.